The molecule has 1 aromatic heterocycles. The van der Waals surface area contributed by atoms with Crippen LogP contribution in [0.5, 0.6) is 0 Å². The van der Waals surface area contributed by atoms with Gasteiger partial charge in [0.05, 0.1) is 12.3 Å². The summed E-state index contributed by atoms with van der Waals surface area (Å²) in [5, 5.41) is 11.4. The number of hydrogen-bond acceptors (Lipinski definition) is 3. The predicted octanol–water partition coefficient (Wildman–Crippen LogP) is 1.57. The van der Waals surface area contributed by atoms with Crippen LogP contribution in [-0.4, -0.2) is 17.6 Å². The molecule has 2 N–H and O–H groups in total. The molecule has 14 heavy (non-hydrogen) atoms. The van der Waals surface area contributed by atoms with E-state index in [9.17, 15) is 4.79 Å². The maximum atomic E-state index is 10.1. The first kappa shape index (κ1) is 10.5. The molecule has 0 saturated carbocycles. The molecule has 1 heterocycles. The van der Waals surface area contributed by atoms with E-state index < -0.39 is 5.97 Å². The number of carboxylic acid groups (broad SMARTS) is 1. The van der Waals surface area contributed by atoms with E-state index in [2.05, 4.69) is 5.32 Å². The smallest absolute Gasteiger partial charge is 0.328 e. The lowest BCUT2D eigenvalue weighted by Crippen LogP contribution is -2.18. The Morgan fingerprint density at radius 2 is 2.57 bits per heavy atom. The van der Waals surface area contributed by atoms with Crippen LogP contribution in [0.2, 0.25) is 0 Å². The predicted molar refractivity (Wildman–Crippen MR) is 51.9 cm³/mol. The van der Waals surface area contributed by atoms with Gasteiger partial charge < -0.3 is 14.8 Å². The molecule has 1 aromatic rings. The third kappa shape index (κ3) is 3.45. The van der Waals surface area contributed by atoms with Gasteiger partial charge in [0.1, 0.15) is 5.76 Å². The SMILES string of the molecule is CC(NC/C=C/C(=O)O)c1ccco1. The lowest BCUT2D eigenvalue weighted by atomic mass is 10.2. The number of aliphatic carboxylic acids is 1. The van der Waals surface area contributed by atoms with Gasteiger partial charge in [-0.05, 0) is 19.1 Å². The molecular weight excluding hydrogens is 182 g/mol. The highest BCUT2D eigenvalue weighted by Gasteiger charge is 2.04. The highest BCUT2D eigenvalue weighted by molar-refractivity contribution is 5.79. The summed E-state index contributed by atoms with van der Waals surface area (Å²) < 4.78 is 5.17. The van der Waals surface area contributed by atoms with Crippen LogP contribution in [-0.2, 0) is 4.79 Å². The van der Waals surface area contributed by atoms with Gasteiger partial charge in [-0.3, -0.25) is 0 Å². The van der Waals surface area contributed by atoms with Crippen molar-refractivity contribution in [3.05, 3.63) is 36.3 Å². The second-order valence-corrected chi connectivity index (χ2v) is 2.89. The van der Waals surface area contributed by atoms with Crippen molar-refractivity contribution in [2.24, 2.45) is 0 Å². The maximum Gasteiger partial charge on any atom is 0.328 e. The maximum absolute atomic E-state index is 10.1. The minimum absolute atomic E-state index is 0.0865. The van der Waals surface area contributed by atoms with Gasteiger partial charge in [0, 0.05) is 12.6 Å². The van der Waals surface area contributed by atoms with Crippen molar-refractivity contribution >= 4 is 5.97 Å². The highest BCUT2D eigenvalue weighted by atomic mass is 16.4. The normalized spacial score (nSPS) is 13.2. The molecule has 0 aliphatic carbocycles. The van der Waals surface area contributed by atoms with Gasteiger partial charge in [0.2, 0.25) is 0 Å². The first-order valence-corrected chi connectivity index (χ1v) is 4.36. The third-order valence-corrected chi connectivity index (χ3v) is 1.77. The van der Waals surface area contributed by atoms with Crippen molar-refractivity contribution in [3.8, 4) is 0 Å². The second kappa shape index (κ2) is 5.24. The van der Waals surface area contributed by atoms with Crippen molar-refractivity contribution < 1.29 is 14.3 Å². The van der Waals surface area contributed by atoms with Crippen molar-refractivity contribution in [2.75, 3.05) is 6.54 Å². The largest absolute Gasteiger partial charge is 0.478 e. The Balaban J connectivity index is 2.29. The number of hydrogen-bond donors (Lipinski definition) is 2. The first-order chi connectivity index (χ1) is 6.70. The van der Waals surface area contributed by atoms with E-state index in [-0.39, 0.29) is 6.04 Å². The molecule has 1 unspecified atom stereocenters. The quantitative estimate of drug-likeness (QED) is 0.700. The van der Waals surface area contributed by atoms with Crippen LogP contribution in [0, 0.1) is 0 Å². The molecular formula is C10H13NO3. The van der Waals surface area contributed by atoms with Crippen molar-refractivity contribution in [2.45, 2.75) is 13.0 Å². The number of furan rings is 1. The molecule has 76 valence electrons. The summed E-state index contributed by atoms with van der Waals surface area (Å²) in [5.74, 6) is -0.0915. The molecule has 1 rings (SSSR count). The molecule has 4 nitrogen and oxygen atoms in total. The Bertz CT molecular complexity index is 303. The van der Waals surface area contributed by atoms with Crippen molar-refractivity contribution in [1.82, 2.24) is 5.32 Å². The molecule has 0 aliphatic heterocycles. The zero-order valence-corrected chi connectivity index (χ0v) is 7.93. The fraction of sp³-hybridized carbons (Fsp3) is 0.300. The van der Waals surface area contributed by atoms with Crippen LogP contribution in [0.3, 0.4) is 0 Å². The van der Waals surface area contributed by atoms with Crippen LogP contribution in [0.15, 0.2) is 35.0 Å². The molecule has 0 spiro atoms. The average Bonchev–Trinajstić information content (AvgIpc) is 2.64. The number of carbonyl (C=O) groups is 1. The second-order valence-electron chi connectivity index (χ2n) is 2.89. The average molecular weight is 195 g/mol. The van der Waals surface area contributed by atoms with Crippen molar-refractivity contribution in [1.29, 1.82) is 0 Å². The Morgan fingerprint density at radius 1 is 1.79 bits per heavy atom. The van der Waals surface area contributed by atoms with Crippen LogP contribution >= 0.6 is 0 Å². The Kier molecular flexibility index (Phi) is 3.94. The summed E-state index contributed by atoms with van der Waals surface area (Å²) in [6.45, 7) is 2.46. The molecule has 1 atom stereocenters. The molecule has 0 aliphatic rings. The van der Waals surface area contributed by atoms with Gasteiger partial charge in [-0.2, -0.15) is 0 Å². The van der Waals surface area contributed by atoms with E-state index in [1.807, 2.05) is 19.1 Å². The van der Waals surface area contributed by atoms with Crippen LogP contribution in [0.1, 0.15) is 18.7 Å². The summed E-state index contributed by atoms with van der Waals surface area (Å²) in [6.07, 6.45) is 4.28. The molecule has 0 amide bonds. The van der Waals surface area contributed by atoms with Gasteiger partial charge in [-0.1, -0.05) is 6.08 Å². The van der Waals surface area contributed by atoms with Gasteiger partial charge in [-0.25, -0.2) is 4.79 Å². The molecule has 0 fully saturated rings. The van der Waals surface area contributed by atoms with Gasteiger partial charge in [0.15, 0.2) is 0 Å². The van der Waals surface area contributed by atoms with Gasteiger partial charge in [0.25, 0.3) is 0 Å². The monoisotopic (exact) mass is 195 g/mol. The fourth-order valence-corrected chi connectivity index (χ4v) is 1.04. The van der Waals surface area contributed by atoms with E-state index in [1.165, 1.54) is 0 Å². The van der Waals surface area contributed by atoms with Crippen LogP contribution in [0.25, 0.3) is 0 Å². The lowest BCUT2D eigenvalue weighted by Gasteiger charge is -2.08. The van der Waals surface area contributed by atoms with Crippen LogP contribution in [0.4, 0.5) is 0 Å². The Morgan fingerprint density at radius 3 is 3.14 bits per heavy atom. The van der Waals surface area contributed by atoms with E-state index >= 15 is 0 Å². The van der Waals surface area contributed by atoms with Crippen LogP contribution < -0.4 is 5.32 Å². The summed E-state index contributed by atoms with van der Waals surface area (Å²) >= 11 is 0. The number of nitrogens with one attached hydrogen (secondary N) is 1. The molecule has 4 heteroatoms. The number of carboxylic acids is 1. The van der Waals surface area contributed by atoms with Crippen molar-refractivity contribution in [3.63, 3.8) is 0 Å². The standard InChI is InChI=1S/C10H13NO3/c1-8(9-4-3-7-14-9)11-6-2-5-10(12)13/h2-5,7-8,11H,6H2,1H3,(H,12,13)/b5-2+. The van der Waals surface area contributed by atoms with Gasteiger partial charge >= 0.3 is 5.97 Å². The molecule has 0 aromatic carbocycles. The van der Waals surface area contributed by atoms with E-state index in [0.717, 1.165) is 11.8 Å². The summed E-state index contributed by atoms with van der Waals surface area (Å²) in [4.78, 5) is 10.1. The third-order valence-electron chi connectivity index (χ3n) is 1.77. The topological polar surface area (TPSA) is 62.5 Å². The van der Waals surface area contributed by atoms with E-state index in [0.29, 0.717) is 6.54 Å². The lowest BCUT2D eigenvalue weighted by molar-refractivity contribution is -0.131. The zero-order chi connectivity index (χ0) is 10.4. The zero-order valence-electron chi connectivity index (χ0n) is 7.93. The Labute approximate surface area is 82.2 Å². The minimum Gasteiger partial charge on any atom is -0.478 e. The molecule has 0 bridgehead atoms. The minimum atomic E-state index is -0.933. The van der Waals surface area contributed by atoms with Gasteiger partial charge in [-0.15, -0.1) is 0 Å². The fourth-order valence-electron chi connectivity index (χ4n) is 1.04. The van der Waals surface area contributed by atoms with E-state index in [4.69, 9.17) is 9.52 Å². The highest BCUT2D eigenvalue weighted by Crippen LogP contribution is 2.11. The summed E-state index contributed by atoms with van der Waals surface area (Å²) in [7, 11) is 0. The summed E-state index contributed by atoms with van der Waals surface area (Å²) in [6, 6.07) is 3.78. The van der Waals surface area contributed by atoms with E-state index in [1.54, 1.807) is 12.3 Å². The Hall–Kier alpha value is -1.55. The first-order valence-electron chi connectivity index (χ1n) is 4.36. The molecule has 0 saturated heterocycles. The summed E-state index contributed by atoms with van der Waals surface area (Å²) in [5.41, 5.74) is 0. The number of rotatable bonds is 5. The molecule has 0 radical (unpaired) electrons.